The molecular formula is C7H7ClN2O. The van der Waals surface area contributed by atoms with E-state index in [0.29, 0.717) is 10.7 Å². The van der Waals surface area contributed by atoms with Gasteiger partial charge in [0.25, 0.3) is 0 Å². The van der Waals surface area contributed by atoms with E-state index in [4.69, 9.17) is 16.8 Å². The van der Waals surface area contributed by atoms with Crippen LogP contribution in [-0.2, 0) is 0 Å². The van der Waals surface area contributed by atoms with Crippen LogP contribution in [0.2, 0.25) is 5.15 Å². The van der Waals surface area contributed by atoms with E-state index in [1.54, 1.807) is 12.3 Å². The topological polar surface area (TPSA) is 45.5 Å². The average Bonchev–Trinajstić information content (AvgIpc) is 1.98. The smallest absolute Gasteiger partial charge is 0.137 e. The number of nitrogens with zero attached hydrogens (tertiary/aromatic N) is 2. The van der Waals surface area contributed by atoms with Crippen molar-refractivity contribution in [3.8, 4) is 0 Å². The van der Waals surface area contributed by atoms with E-state index in [2.05, 4.69) is 10.1 Å². The third kappa shape index (κ3) is 1.91. The van der Waals surface area contributed by atoms with E-state index < -0.39 is 0 Å². The Labute approximate surface area is 69.3 Å². The van der Waals surface area contributed by atoms with Gasteiger partial charge in [0.15, 0.2) is 0 Å². The molecular weight excluding hydrogens is 164 g/mol. The van der Waals surface area contributed by atoms with Crippen LogP contribution >= 0.6 is 11.6 Å². The van der Waals surface area contributed by atoms with Crippen molar-refractivity contribution in [3.63, 3.8) is 0 Å². The van der Waals surface area contributed by atoms with Crippen molar-refractivity contribution in [1.29, 1.82) is 0 Å². The van der Waals surface area contributed by atoms with Crippen LogP contribution < -0.4 is 0 Å². The van der Waals surface area contributed by atoms with Gasteiger partial charge in [0, 0.05) is 11.8 Å². The maximum Gasteiger partial charge on any atom is 0.137 e. The molecule has 11 heavy (non-hydrogen) atoms. The summed E-state index contributed by atoms with van der Waals surface area (Å²) in [6.07, 6.45) is 2.90. The first-order valence-electron chi connectivity index (χ1n) is 3.03. The van der Waals surface area contributed by atoms with E-state index >= 15 is 0 Å². The summed E-state index contributed by atoms with van der Waals surface area (Å²) in [5, 5.41) is 11.4. The summed E-state index contributed by atoms with van der Waals surface area (Å²) < 4.78 is 0. The highest BCUT2D eigenvalue weighted by Crippen LogP contribution is 2.11. The summed E-state index contributed by atoms with van der Waals surface area (Å²) >= 11 is 5.66. The van der Waals surface area contributed by atoms with E-state index in [0.717, 1.165) is 5.56 Å². The Hall–Kier alpha value is -1.09. The average molecular weight is 171 g/mol. The Morgan fingerprint density at radius 2 is 2.45 bits per heavy atom. The Bertz CT molecular complexity index is 286. The van der Waals surface area contributed by atoms with Crippen molar-refractivity contribution < 1.29 is 5.21 Å². The lowest BCUT2D eigenvalue weighted by molar-refractivity contribution is 0.322. The van der Waals surface area contributed by atoms with Crippen LogP contribution in [0.25, 0.3) is 0 Å². The molecule has 1 heterocycles. The SMILES string of the molecule is Cc1cnc(Cl)c(/C=N\O)c1. The fourth-order valence-corrected chi connectivity index (χ4v) is 0.880. The lowest BCUT2D eigenvalue weighted by Crippen LogP contribution is -1.87. The first-order chi connectivity index (χ1) is 5.24. The lowest BCUT2D eigenvalue weighted by atomic mass is 10.2. The van der Waals surface area contributed by atoms with Gasteiger partial charge in [0.1, 0.15) is 5.15 Å². The van der Waals surface area contributed by atoms with Gasteiger partial charge in [-0.3, -0.25) is 0 Å². The molecule has 4 heteroatoms. The second kappa shape index (κ2) is 3.34. The minimum Gasteiger partial charge on any atom is -0.411 e. The van der Waals surface area contributed by atoms with Crippen LogP contribution in [-0.4, -0.2) is 16.4 Å². The molecule has 0 aliphatic carbocycles. The number of aryl methyl sites for hydroxylation is 1. The van der Waals surface area contributed by atoms with Gasteiger partial charge in [-0.25, -0.2) is 4.98 Å². The summed E-state index contributed by atoms with van der Waals surface area (Å²) in [5.41, 5.74) is 1.60. The molecule has 0 bridgehead atoms. The molecule has 0 aliphatic heterocycles. The molecule has 0 fully saturated rings. The van der Waals surface area contributed by atoms with Gasteiger partial charge in [-0.2, -0.15) is 0 Å². The van der Waals surface area contributed by atoms with Gasteiger partial charge in [-0.15, -0.1) is 0 Å². The second-order valence-electron chi connectivity index (χ2n) is 2.14. The predicted octanol–water partition coefficient (Wildman–Crippen LogP) is 1.85. The van der Waals surface area contributed by atoms with Crippen molar-refractivity contribution in [1.82, 2.24) is 4.98 Å². The van der Waals surface area contributed by atoms with Crippen molar-refractivity contribution >= 4 is 17.8 Å². The molecule has 1 N–H and O–H groups in total. The molecule has 1 aromatic rings. The number of halogens is 1. The van der Waals surface area contributed by atoms with Crippen molar-refractivity contribution in [3.05, 3.63) is 28.5 Å². The fraction of sp³-hybridized carbons (Fsp3) is 0.143. The normalized spacial score (nSPS) is 10.7. The van der Waals surface area contributed by atoms with Crippen LogP contribution in [0.15, 0.2) is 17.4 Å². The molecule has 1 rings (SSSR count). The van der Waals surface area contributed by atoms with E-state index in [1.807, 2.05) is 6.92 Å². The highest BCUT2D eigenvalue weighted by Gasteiger charge is 1.97. The molecule has 0 amide bonds. The van der Waals surface area contributed by atoms with Gasteiger partial charge in [0.05, 0.1) is 6.21 Å². The third-order valence-electron chi connectivity index (χ3n) is 1.20. The molecule has 0 saturated carbocycles. The molecule has 0 unspecified atom stereocenters. The number of hydrogen-bond acceptors (Lipinski definition) is 3. The number of aromatic nitrogens is 1. The van der Waals surface area contributed by atoms with Crippen molar-refractivity contribution in [2.24, 2.45) is 5.16 Å². The molecule has 0 aliphatic rings. The van der Waals surface area contributed by atoms with Gasteiger partial charge in [0.2, 0.25) is 0 Å². The molecule has 3 nitrogen and oxygen atoms in total. The molecule has 0 atom stereocenters. The van der Waals surface area contributed by atoms with Gasteiger partial charge in [-0.05, 0) is 18.6 Å². The zero-order valence-electron chi connectivity index (χ0n) is 5.95. The molecule has 58 valence electrons. The predicted molar refractivity (Wildman–Crippen MR) is 43.4 cm³/mol. The summed E-state index contributed by atoms with van der Waals surface area (Å²) in [6.45, 7) is 1.89. The quantitative estimate of drug-likeness (QED) is 0.303. The van der Waals surface area contributed by atoms with E-state index in [9.17, 15) is 0 Å². The Kier molecular flexibility index (Phi) is 2.44. The lowest BCUT2D eigenvalue weighted by Gasteiger charge is -1.96. The third-order valence-corrected chi connectivity index (χ3v) is 1.52. The number of hydrogen-bond donors (Lipinski definition) is 1. The van der Waals surface area contributed by atoms with Crippen LogP contribution in [0.3, 0.4) is 0 Å². The summed E-state index contributed by atoms with van der Waals surface area (Å²) in [5.74, 6) is 0. The molecule has 0 saturated heterocycles. The van der Waals surface area contributed by atoms with Crippen LogP contribution in [0.1, 0.15) is 11.1 Å². The van der Waals surface area contributed by atoms with Crippen molar-refractivity contribution in [2.45, 2.75) is 6.92 Å². The highest BCUT2D eigenvalue weighted by molar-refractivity contribution is 6.31. The maximum absolute atomic E-state index is 8.22. The number of rotatable bonds is 1. The summed E-state index contributed by atoms with van der Waals surface area (Å²) in [4.78, 5) is 3.86. The maximum atomic E-state index is 8.22. The number of oxime groups is 1. The first-order valence-corrected chi connectivity index (χ1v) is 3.41. The van der Waals surface area contributed by atoms with Crippen LogP contribution in [0, 0.1) is 6.92 Å². The monoisotopic (exact) mass is 170 g/mol. The zero-order valence-corrected chi connectivity index (χ0v) is 6.71. The Morgan fingerprint density at radius 3 is 3.09 bits per heavy atom. The van der Waals surface area contributed by atoms with Crippen molar-refractivity contribution in [2.75, 3.05) is 0 Å². The molecule has 0 aromatic carbocycles. The minimum atomic E-state index is 0.341. The Balaban J connectivity index is 3.12. The fourth-order valence-electron chi connectivity index (χ4n) is 0.728. The van der Waals surface area contributed by atoms with Gasteiger partial charge >= 0.3 is 0 Å². The Morgan fingerprint density at radius 1 is 1.73 bits per heavy atom. The molecule has 0 spiro atoms. The molecule has 1 aromatic heterocycles. The van der Waals surface area contributed by atoms with Gasteiger partial charge < -0.3 is 5.21 Å². The second-order valence-corrected chi connectivity index (χ2v) is 2.50. The molecule has 0 radical (unpaired) electrons. The summed E-state index contributed by atoms with van der Waals surface area (Å²) in [7, 11) is 0. The van der Waals surface area contributed by atoms with E-state index in [1.165, 1.54) is 6.21 Å². The van der Waals surface area contributed by atoms with Crippen LogP contribution in [0.5, 0.6) is 0 Å². The standard InChI is InChI=1S/C7H7ClN2O/c1-5-2-6(4-10-11)7(8)9-3-5/h2-4,11H,1H3/b10-4-. The largest absolute Gasteiger partial charge is 0.411 e. The summed E-state index contributed by atoms with van der Waals surface area (Å²) in [6, 6.07) is 1.79. The first kappa shape index (κ1) is 8.01. The minimum absolute atomic E-state index is 0.341. The van der Waals surface area contributed by atoms with E-state index in [-0.39, 0.29) is 0 Å². The number of pyridine rings is 1. The van der Waals surface area contributed by atoms with Crippen LogP contribution in [0.4, 0.5) is 0 Å². The zero-order chi connectivity index (χ0) is 8.27. The van der Waals surface area contributed by atoms with Gasteiger partial charge in [-0.1, -0.05) is 16.8 Å². The highest BCUT2D eigenvalue weighted by atomic mass is 35.5.